The smallest absolute Gasteiger partial charge is 0.129 e. The number of aromatic nitrogens is 1. The van der Waals surface area contributed by atoms with Crippen LogP contribution in [-0.4, -0.2) is 29.8 Å². The molecule has 2 aromatic rings. The first-order valence-electron chi connectivity index (χ1n) is 8.05. The van der Waals surface area contributed by atoms with Crippen LogP contribution in [0.25, 0.3) is 0 Å². The summed E-state index contributed by atoms with van der Waals surface area (Å²) in [5, 5.41) is 13.3. The van der Waals surface area contributed by atoms with Crippen molar-refractivity contribution in [2.24, 2.45) is 5.92 Å². The summed E-state index contributed by atoms with van der Waals surface area (Å²) in [6.45, 7) is 3.00. The van der Waals surface area contributed by atoms with E-state index in [1.54, 1.807) is 6.20 Å². The highest BCUT2D eigenvalue weighted by atomic mass is 35.5. The molecule has 0 aliphatic carbocycles. The number of aliphatic hydroxyl groups is 1. The number of hydrogen-bond acceptors (Lipinski definition) is 4. The molecule has 0 radical (unpaired) electrons. The van der Waals surface area contributed by atoms with Gasteiger partial charge >= 0.3 is 0 Å². The Balaban J connectivity index is 1.67. The fraction of sp³-hybridized carbons (Fsp3) is 0.389. The molecule has 0 saturated carbocycles. The van der Waals surface area contributed by atoms with Gasteiger partial charge in [-0.2, -0.15) is 0 Å². The van der Waals surface area contributed by atoms with E-state index >= 15 is 0 Å². The van der Waals surface area contributed by atoms with Gasteiger partial charge in [0.2, 0.25) is 0 Å². The molecule has 2 heterocycles. The minimum atomic E-state index is 0.303. The highest BCUT2D eigenvalue weighted by Crippen LogP contribution is 2.30. The molecule has 0 unspecified atom stereocenters. The van der Waals surface area contributed by atoms with E-state index in [0.717, 1.165) is 37.2 Å². The predicted octanol–water partition coefficient (Wildman–Crippen LogP) is 3.56. The van der Waals surface area contributed by atoms with Crippen molar-refractivity contribution in [1.82, 2.24) is 4.98 Å². The number of rotatable bonds is 5. The summed E-state index contributed by atoms with van der Waals surface area (Å²) in [6.07, 6.45) is 3.89. The Hall–Kier alpha value is -1.78. The van der Waals surface area contributed by atoms with Crippen LogP contribution in [0.15, 0.2) is 42.6 Å². The van der Waals surface area contributed by atoms with E-state index in [1.807, 2.05) is 18.2 Å². The number of benzene rings is 1. The number of anilines is 2. The first-order chi connectivity index (χ1) is 11.3. The molecule has 4 nitrogen and oxygen atoms in total. The van der Waals surface area contributed by atoms with Crippen LogP contribution in [-0.2, 0) is 6.54 Å². The normalized spacial score (nSPS) is 15.7. The van der Waals surface area contributed by atoms with Crippen molar-refractivity contribution in [3.05, 3.63) is 53.3 Å². The van der Waals surface area contributed by atoms with E-state index in [2.05, 4.69) is 33.4 Å². The third kappa shape index (κ3) is 4.15. The van der Waals surface area contributed by atoms with Gasteiger partial charge in [0.25, 0.3) is 0 Å². The zero-order chi connectivity index (χ0) is 16.1. The van der Waals surface area contributed by atoms with Crippen molar-refractivity contribution in [3.63, 3.8) is 0 Å². The summed E-state index contributed by atoms with van der Waals surface area (Å²) in [4.78, 5) is 6.51. The van der Waals surface area contributed by atoms with Crippen molar-refractivity contribution in [2.45, 2.75) is 19.4 Å². The number of halogens is 1. The third-order valence-electron chi connectivity index (χ3n) is 4.39. The summed E-state index contributed by atoms with van der Waals surface area (Å²) in [5.74, 6) is 0.450. The molecule has 5 heteroatoms. The molecule has 122 valence electrons. The second-order valence-corrected chi connectivity index (χ2v) is 6.36. The van der Waals surface area contributed by atoms with Crippen LogP contribution in [0, 0.1) is 5.92 Å². The van der Waals surface area contributed by atoms with Crippen molar-refractivity contribution >= 4 is 23.0 Å². The molecule has 1 aliphatic rings. The average molecular weight is 332 g/mol. The molecule has 1 aromatic heterocycles. The summed E-state index contributed by atoms with van der Waals surface area (Å²) in [5.41, 5.74) is 3.46. The molecular weight excluding hydrogens is 310 g/mol. The average Bonchev–Trinajstić information content (AvgIpc) is 2.62. The fourth-order valence-corrected chi connectivity index (χ4v) is 3.08. The van der Waals surface area contributed by atoms with Gasteiger partial charge in [0.05, 0.1) is 11.4 Å². The van der Waals surface area contributed by atoms with E-state index in [0.29, 0.717) is 24.2 Å². The number of nitrogens with zero attached hydrogens (tertiary/aromatic N) is 2. The van der Waals surface area contributed by atoms with Crippen molar-refractivity contribution in [2.75, 3.05) is 29.9 Å². The SMILES string of the molecule is OCC1CCN(c2ccccc2NCc2ccc(Cl)nc2)CC1. The van der Waals surface area contributed by atoms with Crippen LogP contribution in [0.5, 0.6) is 0 Å². The lowest BCUT2D eigenvalue weighted by Crippen LogP contribution is -2.35. The summed E-state index contributed by atoms with van der Waals surface area (Å²) >= 11 is 5.82. The highest BCUT2D eigenvalue weighted by molar-refractivity contribution is 6.29. The molecule has 1 saturated heterocycles. The summed E-state index contributed by atoms with van der Waals surface area (Å²) in [6, 6.07) is 12.2. The van der Waals surface area contributed by atoms with Crippen LogP contribution >= 0.6 is 11.6 Å². The molecule has 0 amide bonds. The monoisotopic (exact) mass is 331 g/mol. The number of aliphatic hydroxyl groups excluding tert-OH is 1. The Morgan fingerprint density at radius 2 is 1.96 bits per heavy atom. The van der Waals surface area contributed by atoms with Crippen LogP contribution in [0.1, 0.15) is 18.4 Å². The molecule has 1 aliphatic heterocycles. The Morgan fingerprint density at radius 3 is 2.65 bits per heavy atom. The van der Waals surface area contributed by atoms with Gasteiger partial charge in [-0.25, -0.2) is 4.98 Å². The quantitative estimate of drug-likeness (QED) is 0.822. The number of piperidine rings is 1. The Labute approximate surface area is 142 Å². The number of nitrogens with one attached hydrogen (secondary N) is 1. The van der Waals surface area contributed by atoms with Gasteiger partial charge in [-0.15, -0.1) is 0 Å². The van der Waals surface area contributed by atoms with E-state index in [-0.39, 0.29) is 0 Å². The van der Waals surface area contributed by atoms with Gasteiger partial charge in [0.15, 0.2) is 0 Å². The lowest BCUT2D eigenvalue weighted by molar-refractivity contribution is 0.203. The third-order valence-corrected chi connectivity index (χ3v) is 4.61. The van der Waals surface area contributed by atoms with E-state index in [1.165, 1.54) is 5.69 Å². The molecule has 3 rings (SSSR count). The maximum atomic E-state index is 9.29. The van der Waals surface area contributed by atoms with Crippen molar-refractivity contribution in [3.8, 4) is 0 Å². The second-order valence-electron chi connectivity index (χ2n) is 5.97. The molecule has 1 fully saturated rings. The van der Waals surface area contributed by atoms with Crippen LogP contribution in [0.2, 0.25) is 5.15 Å². The molecule has 0 bridgehead atoms. The van der Waals surface area contributed by atoms with E-state index in [4.69, 9.17) is 11.6 Å². The lowest BCUT2D eigenvalue weighted by atomic mass is 9.97. The van der Waals surface area contributed by atoms with Gasteiger partial charge in [0, 0.05) is 32.4 Å². The zero-order valence-electron chi connectivity index (χ0n) is 13.1. The molecule has 0 spiro atoms. The number of pyridine rings is 1. The van der Waals surface area contributed by atoms with Crippen LogP contribution in [0.4, 0.5) is 11.4 Å². The number of hydrogen-bond donors (Lipinski definition) is 2. The molecule has 2 N–H and O–H groups in total. The minimum absolute atomic E-state index is 0.303. The zero-order valence-corrected chi connectivity index (χ0v) is 13.8. The van der Waals surface area contributed by atoms with E-state index < -0.39 is 0 Å². The van der Waals surface area contributed by atoms with Gasteiger partial charge in [0.1, 0.15) is 5.15 Å². The summed E-state index contributed by atoms with van der Waals surface area (Å²) in [7, 11) is 0. The molecule has 1 aromatic carbocycles. The van der Waals surface area contributed by atoms with Gasteiger partial charge in [-0.3, -0.25) is 0 Å². The van der Waals surface area contributed by atoms with Crippen LogP contribution in [0.3, 0.4) is 0 Å². The summed E-state index contributed by atoms with van der Waals surface area (Å²) < 4.78 is 0. The Bertz CT molecular complexity index is 624. The second kappa shape index (κ2) is 7.66. The van der Waals surface area contributed by atoms with Crippen molar-refractivity contribution < 1.29 is 5.11 Å². The maximum Gasteiger partial charge on any atom is 0.129 e. The van der Waals surface area contributed by atoms with Gasteiger partial charge in [-0.1, -0.05) is 29.8 Å². The molecule has 23 heavy (non-hydrogen) atoms. The molecular formula is C18H22ClN3O. The van der Waals surface area contributed by atoms with Crippen LogP contribution < -0.4 is 10.2 Å². The predicted molar refractivity (Wildman–Crippen MR) is 95.0 cm³/mol. The first-order valence-corrected chi connectivity index (χ1v) is 8.43. The Kier molecular flexibility index (Phi) is 5.36. The lowest BCUT2D eigenvalue weighted by Gasteiger charge is -2.34. The fourth-order valence-electron chi connectivity index (χ4n) is 2.96. The largest absolute Gasteiger partial charge is 0.396 e. The van der Waals surface area contributed by atoms with Gasteiger partial charge in [-0.05, 0) is 42.5 Å². The first kappa shape index (κ1) is 16.1. The Morgan fingerprint density at radius 1 is 1.17 bits per heavy atom. The van der Waals surface area contributed by atoms with Gasteiger partial charge < -0.3 is 15.3 Å². The standard InChI is InChI=1S/C18H22ClN3O/c19-18-6-5-15(12-21-18)11-20-16-3-1-2-4-17(16)22-9-7-14(13-23)8-10-22/h1-6,12,14,20,23H,7-11,13H2. The van der Waals surface area contributed by atoms with E-state index in [9.17, 15) is 5.11 Å². The highest BCUT2D eigenvalue weighted by Gasteiger charge is 2.20. The minimum Gasteiger partial charge on any atom is -0.396 e. The topological polar surface area (TPSA) is 48.4 Å². The van der Waals surface area contributed by atoms with Crippen molar-refractivity contribution in [1.29, 1.82) is 0 Å². The maximum absolute atomic E-state index is 9.29. The molecule has 0 atom stereocenters. The number of para-hydroxylation sites is 2.